The van der Waals surface area contributed by atoms with Crippen LogP contribution in [-0.4, -0.2) is 39.0 Å². The summed E-state index contributed by atoms with van der Waals surface area (Å²) in [6.45, 7) is 0.180. The quantitative estimate of drug-likeness (QED) is 0.382. The molecular weight excluding hydrogens is 441 g/mol. The van der Waals surface area contributed by atoms with Gasteiger partial charge in [-0.15, -0.1) is 0 Å². The maximum Gasteiger partial charge on any atom is 0.212 e. The Hall–Kier alpha value is -3.30. The van der Waals surface area contributed by atoms with E-state index in [1.807, 2.05) is 16.7 Å². The van der Waals surface area contributed by atoms with E-state index in [0.29, 0.717) is 33.0 Å². The van der Waals surface area contributed by atoms with Gasteiger partial charge in [0.2, 0.25) is 5.95 Å². The van der Waals surface area contributed by atoms with Crippen molar-refractivity contribution in [2.45, 2.75) is 11.6 Å². The SMILES string of the molecule is CS(=O)(=O)c1nn(Cc2nc3cc(Cl)ccc3n2-c2ccc(F)nc2)c2ccccc12. The van der Waals surface area contributed by atoms with E-state index in [0.717, 1.165) is 11.8 Å². The van der Waals surface area contributed by atoms with Crippen molar-refractivity contribution < 1.29 is 12.8 Å². The Kier molecular flexibility index (Phi) is 4.53. The summed E-state index contributed by atoms with van der Waals surface area (Å²) in [6, 6.07) is 15.3. The highest BCUT2D eigenvalue weighted by Crippen LogP contribution is 2.27. The molecule has 5 aromatic rings. The highest BCUT2D eigenvalue weighted by Gasteiger charge is 2.21. The van der Waals surface area contributed by atoms with E-state index in [1.54, 1.807) is 41.1 Å². The van der Waals surface area contributed by atoms with Gasteiger partial charge >= 0.3 is 0 Å². The molecule has 10 heteroatoms. The van der Waals surface area contributed by atoms with Crippen molar-refractivity contribution in [3.05, 3.63) is 77.6 Å². The number of hydrogen-bond donors (Lipinski definition) is 0. The van der Waals surface area contributed by atoms with Crippen LogP contribution in [0.3, 0.4) is 0 Å². The van der Waals surface area contributed by atoms with Crippen LogP contribution < -0.4 is 0 Å². The van der Waals surface area contributed by atoms with Gasteiger partial charge in [-0.2, -0.15) is 9.49 Å². The molecule has 2 aromatic carbocycles. The van der Waals surface area contributed by atoms with Crippen molar-refractivity contribution in [3.63, 3.8) is 0 Å². The third kappa shape index (κ3) is 3.45. The number of benzene rings is 2. The lowest BCUT2D eigenvalue weighted by Crippen LogP contribution is -2.10. The molecule has 0 N–H and O–H groups in total. The van der Waals surface area contributed by atoms with Gasteiger partial charge in [0, 0.05) is 16.7 Å². The first-order valence-corrected chi connectivity index (χ1v) is 11.5. The molecule has 5 rings (SSSR count). The van der Waals surface area contributed by atoms with Gasteiger partial charge in [0.25, 0.3) is 0 Å². The molecule has 0 saturated heterocycles. The number of hydrogen-bond acceptors (Lipinski definition) is 5. The van der Waals surface area contributed by atoms with Crippen LogP contribution in [0.15, 0.2) is 65.8 Å². The molecule has 31 heavy (non-hydrogen) atoms. The summed E-state index contributed by atoms with van der Waals surface area (Å²) in [6.07, 6.45) is 2.55. The zero-order valence-electron chi connectivity index (χ0n) is 16.2. The van der Waals surface area contributed by atoms with Crippen molar-refractivity contribution in [3.8, 4) is 5.69 Å². The monoisotopic (exact) mass is 455 g/mol. The van der Waals surface area contributed by atoms with Crippen LogP contribution in [0.1, 0.15) is 5.82 Å². The van der Waals surface area contributed by atoms with Gasteiger partial charge in [-0.05, 0) is 42.5 Å². The summed E-state index contributed by atoms with van der Waals surface area (Å²) in [5.74, 6) is -0.0207. The molecule has 0 saturated carbocycles. The van der Waals surface area contributed by atoms with E-state index in [4.69, 9.17) is 16.6 Å². The normalized spacial score (nSPS) is 12.1. The van der Waals surface area contributed by atoms with Crippen LogP contribution in [0, 0.1) is 5.95 Å². The van der Waals surface area contributed by atoms with Gasteiger partial charge in [0.05, 0.1) is 28.4 Å². The predicted molar refractivity (Wildman–Crippen MR) is 116 cm³/mol. The number of sulfone groups is 1. The first kappa shape index (κ1) is 19.7. The lowest BCUT2D eigenvalue weighted by Gasteiger charge is -2.10. The Labute approximate surface area is 181 Å². The minimum Gasteiger partial charge on any atom is -0.293 e. The highest BCUT2D eigenvalue weighted by molar-refractivity contribution is 7.90. The molecule has 0 unspecified atom stereocenters. The first-order valence-electron chi connectivity index (χ1n) is 9.26. The molecule has 3 aromatic heterocycles. The van der Waals surface area contributed by atoms with E-state index in [2.05, 4.69) is 10.1 Å². The molecule has 0 fully saturated rings. The van der Waals surface area contributed by atoms with Crippen molar-refractivity contribution in [2.75, 3.05) is 6.26 Å². The number of imidazole rings is 1. The van der Waals surface area contributed by atoms with E-state index < -0.39 is 15.8 Å². The van der Waals surface area contributed by atoms with Crippen molar-refractivity contribution in [1.82, 2.24) is 24.3 Å². The number of rotatable bonds is 4. The molecule has 0 aliphatic rings. The molecule has 0 atom stereocenters. The van der Waals surface area contributed by atoms with Gasteiger partial charge in [-0.1, -0.05) is 23.7 Å². The van der Waals surface area contributed by atoms with E-state index in [-0.39, 0.29) is 11.6 Å². The van der Waals surface area contributed by atoms with Gasteiger partial charge < -0.3 is 0 Å². The van der Waals surface area contributed by atoms with Gasteiger partial charge in [0.1, 0.15) is 12.4 Å². The number of aromatic nitrogens is 5. The average molecular weight is 456 g/mol. The zero-order valence-corrected chi connectivity index (χ0v) is 17.8. The second-order valence-corrected chi connectivity index (χ2v) is 9.46. The number of halogens is 2. The minimum atomic E-state index is -3.53. The zero-order chi connectivity index (χ0) is 21.8. The number of nitrogens with zero attached hydrogens (tertiary/aromatic N) is 5. The highest BCUT2D eigenvalue weighted by atomic mass is 35.5. The fourth-order valence-corrected chi connectivity index (χ4v) is 4.61. The van der Waals surface area contributed by atoms with Crippen LogP contribution in [0.4, 0.5) is 4.39 Å². The van der Waals surface area contributed by atoms with Gasteiger partial charge in [0.15, 0.2) is 14.9 Å². The van der Waals surface area contributed by atoms with Crippen molar-refractivity contribution in [2.24, 2.45) is 0 Å². The van der Waals surface area contributed by atoms with Gasteiger partial charge in [-0.3, -0.25) is 9.25 Å². The fraction of sp³-hybridized carbons (Fsp3) is 0.0952. The van der Waals surface area contributed by atoms with E-state index >= 15 is 0 Å². The summed E-state index contributed by atoms with van der Waals surface area (Å²) in [4.78, 5) is 8.44. The number of para-hydroxylation sites is 1. The lowest BCUT2D eigenvalue weighted by molar-refractivity contribution is 0.582. The number of pyridine rings is 1. The first-order chi connectivity index (χ1) is 14.8. The molecule has 0 bridgehead atoms. The Morgan fingerprint density at radius 1 is 1.06 bits per heavy atom. The summed E-state index contributed by atoms with van der Waals surface area (Å²) in [5.41, 5.74) is 2.68. The molecular formula is C21H15ClFN5O2S. The van der Waals surface area contributed by atoms with E-state index in [9.17, 15) is 12.8 Å². The van der Waals surface area contributed by atoms with Crippen LogP contribution in [0.5, 0.6) is 0 Å². The van der Waals surface area contributed by atoms with E-state index in [1.165, 1.54) is 12.3 Å². The van der Waals surface area contributed by atoms with Crippen molar-refractivity contribution >= 4 is 43.4 Å². The standard InChI is InChI=1S/C21H15ClFN5O2S/c1-31(29,30)21-15-4-2-3-5-17(15)27(26-21)12-20-25-16-10-13(22)6-8-18(16)28(20)14-7-9-19(23)24-11-14/h2-11H,12H2,1H3. The third-order valence-corrected chi connectivity index (χ3v) is 6.16. The van der Waals surface area contributed by atoms with Crippen LogP contribution >= 0.6 is 11.6 Å². The smallest absolute Gasteiger partial charge is 0.212 e. The Morgan fingerprint density at radius 2 is 1.87 bits per heavy atom. The summed E-state index contributed by atoms with van der Waals surface area (Å²) < 4.78 is 41.3. The topological polar surface area (TPSA) is 82.7 Å². The largest absolute Gasteiger partial charge is 0.293 e. The third-order valence-electron chi connectivity index (χ3n) is 4.92. The van der Waals surface area contributed by atoms with Crippen LogP contribution in [0.25, 0.3) is 27.6 Å². The molecule has 7 nitrogen and oxygen atoms in total. The molecule has 0 spiro atoms. The molecule has 0 aliphatic carbocycles. The minimum absolute atomic E-state index is 0.0113. The van der Waals surface area contributed by atoms with Crippen LogP contribution in [-0.2, 0) is 16.4 Å². The van der Waals surface area contributed by atoms with Crippen molar-refractivity contribution in [1.29, 1.82) is 0 Å². The molecule has 0 amide bonds. The fourth-order valence-electron chi connectivity index (χ4n) is 3.62. The second-order valence-electron chi connectivity index (χ2n) is 7.09. The maximum absolute atomic E-state index is 13.4. The summed E-state index contributed by atoms with van der Waals surface area (Å²) in [5, 5.41) is 5.45. The second kappa shape index (κ2) is 7.14. The molecule has 0 aliphatic heterocycles. The Bertz CT molecular complexity index is 1560. The summed E-state index contributed by atoms with van der Waals surface area (Å²) >= 11 is 6.14. The Morgan fingerprint density at radius 3 is 2.61 bits per heavy atom. The Balaban J connectivity index is 1.73. The average Bonchev–Trinajstić information content (AvgIpc) is 3.27. The van der Waals surface area contributed by atoms with Crippen LogP contribution in [0.2, 0.25) is 5.02 Å². The molecule has 3 heterocycles. The maximum atomic E-state index is 13.4. The van der Waals surface area contributed by atoms with Gasteiger partial charge in [-0.25, -0.2) is 18.4 Å². The summed E-state index contributed by atoms with van der Waals surface area (Å²) in [7, 11) is -3.53. The number of fused-ring (bicyclic) bond motifs is 2. The molecule has 156 valence electrons. The predicted octanol–water partition coefficient (Wildman–Crippen LogP) is 4.01. The molecule has 0 radical (unpaired) electrons. The lowest BCUT2D eigenvalue weighted by atomic mass is 10.2.